The summed E-state index contributed by atoms with van der Waals surface area (Å²) in [6.07, 6.45) is 2.23. The fourth-order valence-electron chi connectivity index (χ4n) is 3.24. The van der Waals surface area contributed by atoms with Gasteiger partial charge in [0.1, 0.15) is 11.4 Å². The summed E-state index contributed by atoms with van der Waals surface area (Å²) in [6, 6.07) is 20.0. The smallest absolute Gasteiger partial charge is 0.119 e. The zero-order chi connectivity index (χ0) is 18.6. The topological polar surface area (TPSA) is 47.3 Å². The first kappa shape index (κ1) is 18.2. The molecule has 4 nitrogen and oxygen atoms in total. The zero-order valence-electron chi connectivity index (χ0n) is 15.6. The lowest BCUT2D eigenvalue weighted by Crippen LogP contribution is -2.25. The number of hydrogen-bond donors (Lipinski definition) is 1. The second kappa shape index (κ2) is 7.75. The summed E-state index contributed by atoms with van der Waals surface area (Å²) in [5, 5.41) is 15.9. The maximum absolute atomic E-state index is 11.1. The van der Waals surface area contributed by atoms with E-state index < -0.39 is 5.60 Å². The molecule has 3 rings (SSSR count). The second-order valence-electron chi connectivity index (χ2n) is 6.53. The molecule has 1 heterocycles. The van der Waals surface area contributed by atoms with E-state index >= 15 is 0 Å². The number of hydrogen-bond acceptors (Lipinski definition) is 3. The number of aliphatic hydroxyl groups is 1. The van der Waals surface area contributed by atoms with E-state index in [4.69, 9.17) is 9.84 Å². The minimum absolute atomic E-state index is 0.634. The zero-order valence-corrected chi connectivity index (χ0v) is 15.6. The van der Waals surface area contributed by atoms with Crippen molar-refractivity contribution in [2.45, 2.75) is 38.7 Å². The lowest BCUT2D eigenvalue weighted by Gasteiger charge is -2.23. The van der Waals surface area contributed by atoms with Gasteiger partial charge in [0.05, 0.1) is 24.2 Å². The van der Waals surface area contributed by atoms with Crippen LogP contribution in [0.2, 0.25) is 0 Å². The van der Waals surface area contributed by atoms with Crippen molar-refractivity contribution in [3.8, 4) is 22.7 Å². The van der Waals surface area contributed by atoms with E-state index in [0.717, 1.165) is 34.8 Å². The van der Waals surface area contributed by atoms with Gasteiger partial charge in [-0.3, -0.25) is 0 Å². The van der Waals surface area contributed by atoms with Crippen molar-refractivity contribution in [3.05, 3.63) is 66.4 Å². The van der Waals surface area contributed by atoms with E-state index in [0.29, 0.717) is 12.8 Å². The van der Waals surface area contributed by atoms with Crippen molar-refractivity contribution in [1.82, 2.24) is 9.78 Å². The van der Waals surface area contributed by atoms with Crippen LogP contribution in [0.4, 0.5) is 0 Å². The predicted molar refractivity (Wildman–Crippen MR) is 105 cm³/mol. The van der Waals surface area contributed by atoms with E-state index in [1.807, 2.05) is 60.1 Å². The van der Waals surface area contributed by atoms with Crippen molar-refractivity contribution in [3.63, 3.8) is 0 Å². The lowest BCUT2D eigenvalue weighted by molar-refractivity contribution is 0.0180. The first-order chi connectivity index (χ1) is 12.6. The van der Waals surface area contributed by atoms with E-state index in [1.54, 1.807) is 7.11 Å². The quantitative estimate of drug-likeness (QED) is 0.656. The van der Waals surface area contributed by atoms with E-state index in [-0.39, 0.29) is 0 Å². The van der Waals surface area contributed by atoms with Crippen LogP contribution in [0.25, 0.3) is 16.9 Å². The van der Waals surface area contributed by atoms with Gasteiger partial charge in [-0.2, -0.15) is 5.10 Å². The number of ether oxygens (including phenoxy) is 1. The van der Waals surface area contributed by atoms with Gasteiger partial charge in [-0.1, -0.05) is 50.6 Å². The molecule has 0 aliphatic carbocycles. The van der Waals surface area contributed by atoms with Gasteiger partial charge in [0.25, 0.3) is 0 Å². The fraction of sp³-hybridized carbons (Fsp3) is 0.318. The molecule has 136 valence electrons. The minimum Gasteiger partial charge on any atom is -0.497 e. The van der Waals surface area contributed by atoms with Crippen molar-refractivity contribution < 1.29 is 9.84 Å². The number of benzene rings is 2. The molecule has 0 amide bonds. The summed E-state index contributed by atoms with van der Waals surface area (Å²) in [5.74, 6) is 0.804. The van der Waals surface area contributed by atoms with Crippen LogP contribution in [0.3, 0.4) is 0 Å². The standard InChI is InChI=1S/C22H26N2O2/c1-4-15-22(25,5-2)21-16-20(17-9-7-6-8-10-17)24(23-21)18-11-13-19(26-3)14-12-18/h6-14,16,25H,4-5,15H2,1-3H3. The first-order valence-corrected chi connectivity index (χ1v) is 9.14. The Morgan fingerprint density at radius 2 is 1.73 bits per heavy atom. The van der Waals surface area contributed by atoms with Crippen LogP contribution < -0.4 is 4.74 Å². The molecule has 0 aliphatic heterocycles. The molecule has 1 aromatic heterocycles. The van der Waals surface area contributed by atoms with Gasteiger partial charge in [-0.25, -0.2) is 4.68 Å². The summed E-state index contributed by atoms with van der Waals surface area (Å²) in [7, 11) is 1.66. The van der Waals surface area contributed by atoms with Crippen LogP contribution in [0.5, 0.6) is 5.75 Å². The first-order valence-electron chi connectivity index (χ1n) is 9.14. The van der Waals surface area contributed by atoms with Gasteiger partial charge in [0, 0.05) is 5.56 Å². The van der Waals surface area contributed by atoms with Gasteiger partial charge in [0.15, 0.2) is 0 Å². The predicted octanol–water partition coefficient (Wildman–Crippen LogP) is 4.95. The van der Waals surface area contributed by atoms with Crippen LogP contribution in [-0.2, 0) is 5.60 Å². The minimum atomic E-state index is -0.907. The molecule has 1 unspecified atom stereocenters. The highest BCUT2D eigenvalue weighted by atomic mass is 16.5. The molecule has 0 bridgehead atoms. The molecule has 1 N–H and O–H groups in total. The van der Waals surface area contributed by atoms with Gasteiger partial charge in [-0.05, 0) is 43.2 Å². The van der Waals surface area contributed by atoms with Gasteiger partial charge < -0.3 is 9.84 Å². The fourth-order valence-corrected chi connectivity index (χ4v) is 3.24. The molecule has 0 aliphatic rings. The Morgan fingerprint density at radius 1 is 1.04 bits per heavy atom. The third kappa shape index (κ3) is 3.51. The Bertz CT molecular complexity index is 840. The summed E-state index contributed by atoms with van der Waals surface area (Å²) in [5.41, 5.74) is 2.78. The Hall–Kier alpha value is -2.59. The van der Waals surface area contributed by atoms with Crippen LogP contribution in [0, 0.1) is 0 Å². The number of methoxy groups -OCH3 is 1. The molecule has 0 radical (unpaired) electrons. The maximum atomic E-state index is 11.1. The van der Waals surface area contributed by atoms with Gasteiger partial charge in [0.2, 0.25) is 0 Å². The number of nitrogens with zero attached hydrogens (tertiary/aromatic N) is 2. The van der Waals surface area contributed by atoms with Gasteiger partial charge in [-0.15, -0.1) is 0 Å². The highest BCUT2D eigenvalue weighted by molar-refractivity contribution is 5.63. The molecule has 0 saturated heterocycles. The Morgan fingerprint density at radius 3 is 2.31 bits per heavy atom. The van der Waals surface area contributed by atoms with Crippen molar-refractivity contribution in [2.24, 2.45) is 0 Å². The van der Waals surface area contributed by atoms with Crippen molar-refractivity contribution >= 4 is 0 Å². The van der Waals surface area contributed by atoms with Gasteiger partial charge >= 0.3 is 0 Å². The lowest BCUT2D eigenvalue weighted by atomic mass is 9.91. The molecular weight excluding hydrogens is 324 g/mol. The Balaban J connectivity index is 2.14. The van der Waals surface area contributed by atoms with Crippen LogP contribution in [0.15, 0.2) is 60.7 Å². The molecule has 3 aromatic rings. The highest BCUT2D eigenvalue weighted by Gasteiger charge is 2.30. The third-order valence-electron chi connectivity index (χ3n) is 4.82. The maximum Gasteiger partial charge on any atom is 0.119 e. The van der Waals surface area contributed by atoms with E-state index in [1.165, 1.54) is 0 Å². The molecule has 1 atom stereocenters. The number of aromatic nitrogens is 2. The van der Waals surface area contributed by atoms with Crippen molar-refractivity contribution in [1.29, 1.82) is 0 Å². The summed E-state index contributed by atoms with van der Waals surface area (Å²) in [6.45, 7) is 4.09. The van der Waals surface area contributed by atoms with E-state index in [9.17, 15) is 5.11 Å². The Kier molecular flexibility index (Phi) is 5.43. The Labute approximate surface area is 155 Å². The summed E-state index contributed by atoms with van der Waals surface area (Å²) in [4.78, 5) is 0. The van der Waals surface area contributed by atoms with Crippen LogP contribution in [0.1, 0.15) is 38.8 Å². The highest BCUT2D eigenvalue weighted by Crippen LogP contribution is 2.33. The second-order valence-corrected chi connectivity index (χ2v) is 6.53. The number of rotatable bonds is 7. The molecule has 0 fully saturated rings. The molecule has 0 spiro atoms. The van der Waals surface area contributed by atoms with E-state index in [2.05, 4.69) is 19.1 Å². The molecule has 0 saturated carbocycles. The van der Waals surface area contributed by atoms with Crippen molar-refractivity contribution in [2.75, 3.05) is 7.11 Å². The summed E-state index contributed by atoms with van der Waals surface area (Å²) < 4.78 is 7.16. The molecule has 26 heavy (non-hydrogen) atoms. The van der Waals surface area contributed by atoms with Crippen LogP contribution in [-0.4, -0.2) is 22.0 Å². The normalized spacial score (nSPS) is 13.4. The largest absolute Gasteiger partial charge is 0.497 e. The molecule has 4 heteroatoms. The molecule has 2 aromatic carbocycles. The monoisotopic (exact) mass is 350 g/mol. The van der Waals surface area contributed by atoms with Crippen LogP contribution >= 0.6 is 0 Å². The third-order valence-corrected chi connectivity index (χ3v) is 4.82. The summed E-state index contributed by atoms with van der Waals surface area (Å²) >= 11 is 0. The SMILES string of the molecule is CCCC(O)(CC)c1cc(-c2ccccc2)n(-c2ccc(OC)cc2)n1. The average molecular weight is 350 g/mol. The molecular formula is C22H26N2O2. The average Bonchev–Trinajstić information content (AvgIpc) is 3.15.